The van der Waals surface area contributed by atoms with E-state index in [0.29, 0.717) is 23.8 Å². The van der Waals surface area contributed by atoms with Gasteiger partial charge in [0.2, 0.25) is 0 Å². The molecular weight excluding hydrogens is 362 g/mol. The maximum Gasteiger partial charge on any atom is 0.265 e. The SMILES string of the molecule is O=C(Nc1ccc2nc(-c3ccc4c(c3)OCCO4)cn2c1)c1cccs1. The molecule has 0 bridgehead atoms. The van der Waals surface area contributed by atoms with Crippen molar-refractivity contribution in [3.8, 4) is 22.8 Å². The van der Waals surface area contributed by atoms with Gasteiger partial charge in [0.15, 0.2) is 11.5 Å². The molecule has 4 aromatic rings. The third-order valence-corrected chi connectivity index (χ3v) is 5.16. The van der Waals surface area contributed by atoms with E-state index in [-0.39, 0.29) is 5.91 Å². The number of pyridine rings is 1. The second kappa shape index (κ2) is 6.44. The number of anilines is 1. The monoisotopic (exact) mass is 377 g/mol. The van der Waals surface area contributed by atoms with Gasteiger partial charge in [-0.05, 0) is 41.8 Å². The average molecular weight is 377 g/mol. The predicted octanol–water partition coefficient (Wildman–Crippen LogP) is 4.09. The van der Waals surface area contributed by atoms with E-state index in [1.165, 1.54) is 11.3 Å². The summed E-state index contributed by atoms with van der Waals surface area (Å²) in [6.07, 6.45) is 3.79. The molecule has 5 rings (SSSR count). The lowest BCUT2D eigenvalue weighted by Gasteiger charge is -2.18. The van der Waals surface area contributed by atoms with Gasteiger partial charge < -0.3 is 19.2 Å². The summed E-state index contributed by atoms with van der Waals surface area (Å²) < 4.78 is 13.1. The number of nitrogens with one attached hydrogen (secondary N) is 1. The Bertz CT molecular complexity index is 1130. The Labute approximate surface area is 159 Å². The van der Waals surface area contributed by atoms with E-state index in [1.54, 1.807) is 6.07 Å². The number of fused-ring (bicyclic) bond motifs is 2. The van der Waals surface area contributed by atoms with Crippen molar-refractivity contribution < 1.29 is 14.3 Å². The van der Waals surface area contributed by atoms with Gasteiger partial charge >= 0.3 is 0 Å². The summed E-state index contributed by atoms with van der Waals surface area (Å²) in [7, 11) is 0. The molecule has 27 heavy (non-hydrogen) atoms. The van der Waals surface area contributed by atoms with Gasteiger partial charge in [0.25, 0.3) is 5.91 Å². The smallest absolute Gasteiger partial charge is 0.265 e. The number of carbonyl (C=O) groups excluding carboxylic acids is 1. The third kappa shape index (κ3) is 3.02. The van der Waals surface area contributed by atoms with Crippen molar-refractivity contribution in [2.45, 2.75) is 0 Å². The Morgan fingerprint density at radius 2 is 1.96 bits per heavy atom. The number of benzene rings is 1. The molecule has 0 radical (unpaired) electrons. The zero-order valence-electron chi connectivity index (χ0n) is 14.2. The van der Waals surface area contributed by atoms with Crippen LogP contribution in [0.4, 0.5) is 5.69 Å². The number of carbonyl (C=O) groups is 1. The van der Waals surface area contributed by atoms with Crippen molar-refractivity contribution >= 4 is 28.6 Å². The molecule has 1 aromatic carbocycles. The number of imidazole rings is 1. The lowest BCUT2D eigenvalue weighted by Crippen LogP contribution is -2.15. The summed E-state index contributed by atoms with van der Waals surface area (Å²) in [4.78, 5) is 17.6. The van der Waals surface area contributed by atoms with Crippen LogP contribution in [0.2, 0.25) is 0 Å². The number of thiophene rings is 1. The van der Waals surface area contributed by atoms with Gasteiger partial charge in [-0.3, -0.25) is 4.79 Å². The molecule has 1 aliphatic rings. The van der Waals surface area contributed by atoms with E-state index in [1.807, 2.05) is 58.6 Å². The van der Waals surface area contributed by atoms with Crippen molar-refractivity contribution in [3.63, 3.8) is 0 Å². The number of aromatic nitrogens is 2. The Kier molecular flexibility index (Phi) is 3.79. The van der Waals surface area contributed by atoms with Crippen LogP contribution in [0.3, 0.4) is 0 Å². The number of nitrogens with zero attached hydrogens (tertiary/aromatic N) is 2. The van der Waals surface area contributed by atoms with E-state index in [9.17, 15) is 4.79 Å². The molecule has 1 aliphatic heterocycles. The largest absolute Gasteiger partial charge is 0.486 e. The summed E-state index contributed by atoms with van der Waals surface area (Å²) in [5, 5.41) is 4.80. The van der Waals surface area contributed by atoms with Gasteiger partial charge in [-0.1, -0.05) is 6.07 Å². The Morgan fingerprint density at radius 1 is 1.07 bits per heavy atom. The molecule has 0 atom stereocenters. The summed E-state index contributed by atoms with van der Waals surface area (Å²) in [6.45, 7) is 1.12. The molecule has 0 spiro atoms. The molecular formula is C20H15N3O3S. The maximum atomic E-state index is 12.2. The van der Waals surface area contributed by atoms with Gasteiger partial charge in [-0.15, -0.1) is 11.3 Å². The number of ether oxygens (including phenoxy) is 2. The van der Waals surface area contributed by atoms with Crippen molar-refractivity contribution in [1.82, 2.24) is 9.38 Å². The molecule has 3 aromatic heterocycles. The van der Waals surface area contributed by atoms with E-state index in [4.69, 9.17) is 9.47 Å². The van der Waals surface area contributed by atoms with Crippen LogP contribution in [0.5, 0.6) is 11.5 Å². The van der Waals surface area contributed by atoms with Crippen LogP contribution in [0, 0.1) is 0 Å². The van der Waals surface area contributed by atoms with Gasteiger partial charge in [-0.25, -0.2) is 4.98 Å². The molecule has 1 N–H and O–H groups in total. The molecule has 0 saturated carbocycles. The standard InChI is InChI=1S/C20H15N3O3S/c24-20(18-2-1-9-27-18)21-14-4-6-19-22-15(12-23(19)11-14)13-3-5-16-17(10-13)26-8-7-25-16/h1-6,9-12H,7-8H2,(H,21,24). The highest BCUT2D eigenvalue weighted by molar-refractivity contribution is 7.12. The highest BCUT2D eigenvalue weighted by atomic mass is 32.1. The number of hydrogen-bond acceptors (Lipinski definition) is 5. The van der Waals surface area contributed by atoms with Crippen LogP contribution in [0.1, 0.15) is 9.67 Å². The second-order valence-electron chi connectivity index (χ2n) is 6.10. The Balaban J connectivity index is 1.44. The zero-order valence-corrected chi connectivity index (χ0v) is 15.0. The molecule has 134 valence electrons. The molecule has 0 saturated heterocycles. The molecule has 7 heteroatoms. The summed E-state index contributed by atoms with van der Waals surface area (Å²) >= 11 is 1.41. The number of amides is 1. The van der Waals surface area contributed by atoms with E-state index < -0.39 is 0 Å². The summed E-state index contributed by atoms with van der Waals surface area (Å²) in [5.41, 5.74) is 3.29. The first kappa shape index (κ1) is 15.9. The van der Waals surface area contributed by atoms with E-state index >= 15 is 0 Å². The van der Waals surface area contributed by atoms with Crippen molar-refractivity contribution in [2.75, 3.05) is 18.5 Å². The predicted molar refractivity (Wildman–Crippen MR) is 104 cm³/mol. The number of rotatable bonds is 3. The second-order valence-corrected chi connectivity index (χ2v) is 7.05. The Morgan fingerprint density at radius 3 is 2.81 bits per heavy atom. The quantitative estimate of drug-likeness (QED) is 0.584. The maximum absolute atomic E-state index is 12.2. The fourth-order valence-corrected chi connectivity index (χ4v) is 3.63. The topological polar surface area (TPSA) is 64.9 Å². The van der Waals surface area contributed by atoms with Gasteiger partial charge in [0.05, 0.1) is 16.3 Å². The zero-order chi connectivity index (χ0) is 18.2. The normalized spacial score (nSPS) is 12.9. The highest BCUT2D eigenvalue weighted by Crippen LogP contribution is 2.34. The minimum atomic E-state index is -0.114. The van der Waals surface area contributed by atoms with E-state index in [0.717, 1.165) is 28.4 Å². The third-order valence-electron chi connectivity index (χ3n) is 4.29. The molecule has 0 fully saturated rings. The average Bonchev–Trinajstić information content (AvgIpc) is 3.37. The molecule has 4 heterocycles. The first-order chi connectivity index (χ1) is 13.3. The lowest BCUT2D eigenvalue weighted by molar-refractivity contribution is 0.103. The van der Waals surface area contributed by atoms with Crippen LogP contribution >= 0.6 is 11.3 Å². The molecule has 0 aliphatic carbocycles. The van der Waals surface area contributed by atoms with Crippen LogP contribution in [-0.4, -0.2) is 28.5 Å². The lowest BCUT2D eigenvalue weighted by atomic mass is 10.1. The Hall–Kier alpha value is -3.32. The minimum absolute atomic E-state index is 0.114. The summed E-state index contributed by atoms with van der Waals surface area (Å²) in [5.74, 6) is 1.38. The molecule has 6 nitrogen and oxygen atoms in total. The fourth-order valence-electron chi connectivity index (χ4n) is 3.01. The fraction of sp³-hybridized carbons (Fsp3) is 0.100. The summed E-state index contributed by atoms with van der Waals surface area (Å²) in [6, 6.07) is 13.2. The van der Waals surface area contributed by atoms with Gasteiger partial charge in [-0.2, -0.15) is 0 Å². The molecule has 0 unspecified atom stereocenters. The van der Waals surface area contributed by atoms with Crippen LogP contribution in [0.25, 0.3) is 16.9 Å². The van der Waals surface area contributed by atoms with Crippen molar-refractivity contribution in [2.24, 2.45) is 0 Å². The van der Waals surface area contributed by atoms with Gasteiger partial charge in [0.1, 0.15) is 18.9 Å². The first-order valence-electron chi connectivity index (χ1n) is 8.50. The first-order valence-corrected chi connectivity index (χ1v) is 9.38. The highest BCUT2D eigenvalue weighted by Gasteiger charge is 2.14. The van der Waals surface area contributed by atoms with Crippen LogP contribution < -0.4 is 14.8 Å². The van der Waals surface area contributed by atoms with Crippen molar-refractivity contribution in [3.05, 3.63) is 65.1 Å². The van der Waals surface area contributed by atoms with Crippen LogP contribution in [-0.2, 0) is 0 Å². The van der Waals surface area contributed by atoms with Crippen LogP contribution in [0.15, 0.2) is 60.2 Å². The molecule has 1 amide bonds. The minimum Gasteiger partial charge on any atom is -0.486 e. The van der Waals surface area contributed by atoms with Gasteiger partial charge in [0, 0.05) is 18.0 Å². The number of hydrogen-bond donors (Lipinski definition) is 1. The van der Waals surface area contributed by atoms with E-state index in [2.05, 4.69) is 10.3 Å². The van der Waals surface area contributed by atoms with Crippen molar-refractivity contribution in [1.29, 1.82) is 0 Å².